The van der Waals surface area contributed by atoms with E-state index in [9.17, 15) is 4.79 Å². The molecule has 4 nitrogen and oxygen atoms in total. The molecular formula is C23H30BrNO3. The number of nitrogens with zero attached hydrogens (tertiary/aromatic N) is 1. The molecular weight excluding hydrogens is 418 g/mol. The van der Waals surface area contributed by atoms with E-state index < -0.39 is 0 Å². The van der Waals surface area contributed by atoms with Crippen LogP contribution in [0.15, 0.2) is 33.3 Å². The van der Waals surface area contributed by atoms with Crippen molar-refractivity contribution in [2.24, 2.45) is 0 Å². The molecule has 28 heavy (non-hydrogen) atoms. The molecule has 0 atom stereocenters. The normalized spacial score (nSPS) is 16.5. The van der Waals surface area contributed by atoms with Crippen LogP contribution in [0.3, 0.4) is 0 Å². The Hall–Kier alpha value is -1.46. The number of hydrogen-bond acceptors (Lipinski definition) is 4. The van der Waals surface area contributed by atoms with E-state index >= 15 is 0 Å². The van der Waals surface area contributed by atoms with Gasteiger partial charge < -0.3 is 9.26 Å². The molecule has 152 valence electrons. The van der Waals surface area contributed by atoms with Crippen molar-refractivity contribution in [1.82, 2.24) is 5.16 Å². The number of ketones is 1. The third kappa shape index (κ3) is 5.54. The largest absolute Gasteiger partial charge is 0.371 e. The number of aromatic nitrogens is 1. The quantitative estimate of drug-likeness (QED) is 0.526. The molecule has 1 aromatic carbocycles. The van der Waals surface area contributed by atoms with E-state index in [1.807, 2.05) is 45.0 Å². The molecule has 0 spiro atoms. The molecule has 1 aromatic heterocycles. The zero-order chi connectivity index (χ0) is 20.4. The second kappa shape index (κ2) is 8.50. The van der Waals surface area contributed by atoms with Gasteiger partial charge in [0.05, 0.1) is 24.3 Å². The minimum absolute atomic E-state index is 0.0808. The Bertz CT molecular complexity index is 829. The van der Waals surface area contributed by atoms with Crippen molar-refractivity contribution in [3.8, 4) is 0 Å². The molecule has 0 saturated heterocycles. The lowest BCUT2D eigenvalue weighted by atomic mass is 9.86. The number of halogens is 1. The Morgan fingerprint density at radius 2 is 1.89 bits per heavy atom. The summed E-state index contributed by atoms with van der Waals surface area (Å²) >= 11 is 3.51. The van der Waals surface area contributed by atoms with Gasteiger partial charge in [-0.3, -0.25) is 4.79 Å². The minimum Gasteiger partial charge on any atom is -0.371 e. The number of Topliss-reactive ketones (excluding diaryl/α,β-unsaturated/α-hetero) is 1. The van der Waals surface area contributed by atoms with Crippen LogP contribution in [0.5, 0.6) is 0 Å². The van der Waals surface area contributed by atoms with E-state index in [4.69, 9.17) is 9.26 Å². The fourth-order valence-corrected chi connectivity index (χ4v) is 4.16. The molecule has 0 amide bonds. The summed E-state index contributed by atoms with van der Waals surface area (Å²) in [5.41, 5.74) is 2.63. The highest BCUT2D eigenvalue weighted by atomic mass is 79.9. The van der Waals surface area contributed by atoms with E-state index in [-0.39, 0.29) is 16.8 Å². The number of ether oxygens (including phenoxy) is 1. The first-order valence-electron chi connectivity index (χ1n) is 10.0. The standard InChI is InChI=1S/C23H30BrNO3/c1-22(2,3)27-15-17-11-18(24)8-7-16(17)12-20(26)13-19-14-21(28-25-19)23(4)9-5-6-10-23/h7-8,11,14H,5-6,9-10,12-13,15H2,1-4H3. The first-order chi connectivity index (χ1) is 13.1. The molecule has 5 heteroatoms. The number of benzene rings is 1. The van der Waals surface area contributed by atoms with E-state index in [0.717, 1.165) is 39.9 Å². The fourth-order valence-electron chi connectivity index (χ4n) is 3.75. The number of carbonyl (C=O) groups excluding carboxylic acids is 1. The lowest BCUT2D eigenvalue weighted by molar-refractivity contribution is -0.117. The summed E-state index contributed by atoms with van der Waals surface area (Å²) in [6.07, 6.45) is 5.39. The van der Waals surface area contributed by atoms with Gasteiger partial charge >= 0.3 is 0 Å². The van der Waals surface area contributed by atoms with Gasteiger partial charge in [0.15, 0.2) is 0 Å². The van der Waals surface area contributed by atoms with Gasteiger partial charge in [-0.25, -0.2) is 0 Å². The average molecular weight is 448 g/mol. The Labute approximate surface area is 176 Å². The predicted octanol–water partition coefficient (Wildman–Crippen LogP) is 5.94. The molecule has 3 rings (SSSR count). The van der Waals surface area contributed by atoms with Crippen LogP contribution < -0.4 is 0 Å². The van der Waals surface area contributed by atoms with E-state index in [0.29, 0.717) is 19.4 Å². The van der Waals surface area contributed by atoms with Crippen molar-refractivity contribution in [3.63, 3.8) is 0 Å². The summed E-state index contributed by atoms with van der Waals surface area (Å²) in [6.45, 7) is 8.81. The molecule has 0 aliphatic heterocycles. The maximum absolute atomic E-state index is 12.7. The maximum atomic E-state index is 12.7. The predicted molar refractivity (Wildman–Crippen MR) is 113 cm³/mol. The van der Waals surface area contributed by atoms with Crippen molar-refractivity contribution in [2.75, 3.05) is 0 Å². The zero-order valence-corrected chi connectivity index (χ0v) is 18.9. The van der Waals surface area contributed by atoms with Crippen LogP contribution in [-0.4, -0.2) is 16.5 Å². The van der Waals surface area contributed by atoms with Crippen molar-refractivity contribution in [2.45, 2.75) is 83.8 Å². The summed E-state index contributed by atoms with van der Waals surface area (Å²) in [7, 11) is 0. The van der Waals surface area contributed by atoms with Gasteiger partial charge in [0, 0.05) is 22.4 Å². The number of carbonyl (C=O) groups is 1. The van der Waals surface area contributed by atoms with E-state index in [1.54, 1.807) is 0 Å². The molecule has 1 heterocycles. The Morgan fingerprint density at radius 3 is 2.57 bits per heavy atom. The van der Waals surface area contributed by atoms with Crippen molar-refractivity contribution < 1.29 is 14.1 Å². The van der Waals surface area contributed by atoms with Crippen molar-refractivity contribution in [3.05, 3.63) is 51.3 Å². The van der Waals surface area contributed by atoms with Crippen LogP contribution in [0, 0.1) is 0 Å². The summed E-state index contributed by atoms with van der Waals surface area (Å²) in [4.78, 5) is 12.7. The molecule has 1 fully saturated rings. The van der Waals surface area contributed by atoms with E-state index in [1.165, 1.54) is 12.8 Å². The van der Waals surface area contributed by atoms with E-state index in [2.05, 4.69) is 28.0 Å². The first kappa shape index (κ1) is 21.3. The third-order valence-corrected chi connectivity index (χ3v) is 5.95. The molecule has 2 aromatic rings. The summed E-state index contributed by atoms with van der Waals surface area (Å²) in [5.74, 6) is 1.06. The highest BCUT2D eigenvalue weighted by Gasteiger charge is 2.34. The second-order valence-corrected chi connectivity index (χ2v) is 10.1. The average Bonchev–Trinajstić information content (AvgIpc) is 3.24. The van der Waals surface area contributed by atoms with Gasteiger partial charge in [0.1, 0.15) is 11.5 Å². The zero-order valence-electron chi connectivity index (χ0n) is 17.3. The lowest BCUT2D eigenvalue weighted by Crippen LogP contribution is -2.19. The van der Waals surface area contributed by atoms with Gasteiger partial charge in [0.2, 0.25) is 0 Å². The molecule has 0 unspecified atom stereocenters. The number of rotatable bonds is 7. The van der Waals surface area contributed by atoms with Gasteiger partial charge in [-0.15, -0.1) is 0 Å². The summed E-state index contributed by atoms with van der Waals surface area (Å²) in [6, 6.07) is 7.98. The molecule has 1 saturated carbocycles. The highest BCUT2D eigenvalue weighted by molar-refractivity contribution is 9.10. The fraction of sp³-hybridized carbons (Fsp3) is 0.565. The van der Waals surface area contributed by atoms with Crippen LogP contribution in [0.25, 0.3) is 0 Å². The van der Waals surface area contributed by atoms with Crippen LogP contribution in [0.2, 0.25) is 0 Å². The smallest absolute Gasteiger partial charge is 0.143 e. The minimum atomic E-state index is -0.225. The second-order valence-electron chi connectivity index (χ2n) is 9.16. The Balaban J connectivity index is 1.66. The Kier molecular flexibility index (Phi) is 6.45. The van der Waals surface area contributed by atoms with Crippen molar-refractivity contribution in [1.29, 1.82) is 0 Å². The van der Waals surface area contributed by atoms with Crippen molar-refractivity contribution >= 4 is 21.7 Å². The topological polar surface area (TPSA) is 52.3 Å². The van der Waals surface area contributed by atoms with Crippen LogP contribution in [0.1, 0.15) is 76.0 Å². The summed E-state index contributed by atoms with van der Waals surface area (Å²) < 4.78 is 12.5. The molecule has 1 aliphatic carbocycles. The van der Waals surface area contributed by atoms with Gasteiger partial charge in [-0.2, -0.15) is 0 Å². The molecule has 0 bridgehead atoms. The van der Waals surface area contributed by atoms with Crippen LogP contribution >= 0.6 is 15.9 Å². The molecule has 1 aliphatic rings. The number of hydrogen-bond donors (Lipinski definition) is 0. The van der Waals surface area contributed by atoms with Crippen LogP contribution in [-0.2, 0) is 34.4 Å². The third-order valence-electron chi connectivity index (χ3n) is 5.46. The molecule has 0 radical (unpaired) electrons. The first-order valence-corrected chi connectivity index (χ1v) is 10.8. The Morgan fingerprint density at radius 1 is 1.18 bits per heavy atom. The van der Waals surface area contributed by atoms with Crippen LogP contribution in [0.4, 0.5) is 0 Å². The van der Waals surface area contributed by atoms with Gasteiger partial charge in [-0.05, 0) is 56.9 Å². The van der Waals surface area contributed by atoms with Gasteiger partial charge in [0.25, 0.3) is 0 Å². The SMILES string of the molecule is CC(C)(C)OCc1cc(Br)ccc1CC(=O)Cc1cc(C2(C)CCCC2)on1. The maximum Gasteiger partial charge on any atom is 0.143 e. The highest BCUT2D eigenvalue weighted by Crippen LogP contribution is 2.40. The van der Waals surface area contributed by atoms with Gasteiger partial charge in [-0.1, -0.05) is 46.9 Å². The lowest BCUT2D eigenvalue weighted by Gasteiger charge is -2.21. The monoisotopic (exact) mass is 447 g/mol. The molecule has 0 N–H and O–H groups in total. The summed E-state index contributed by atoms with van der Waals surface area (Å²) in [5, 5.41) is 4.16.